The normalized spacial score (nSPS) is 11.2. The van der Waals surface area contributed by atoms with E-state index in [1.807, 2.05) is 24.3 Å². The van der Waals surface area contributed by atoms with E-state index in [2.05, 4.69) is 26.1 Å². The molecule has 0 radical (unpaired) electrons. The van der Waals surface area contributed by atoms with Crippen LogP contribution in [-0.2, 0) is 5.41 Å². The zero-order chi connectivity index (χ0) is 15.6. The number of nitrogens with one attached hydrogen (secondary N) is 1. The third-order valence-corrected chi connectivity index (χ3v) is 3.19. The van der Waals surface area contributed by atoms with Gasteiger partial charge >= 0.3 is 0 Å². The Morgan fingerprint density at radius 2 is 1.67 bits per heavy atom. The molecule has 0 spiro atoms. The molecular formula is C16H19N3O2. The van der Waals surface area contributed by atoms with E-state index in [9.17, 15) is 10.1 Å². The monoisotopic (exact) mass is 285 g/mol. The first kappa shape index (κ1) is 14.8. The van der Waals surface area contributed by atoms with Crippen LogP contribution in [0.2, 0.25) is 0 Å². The van der Waals surface area contributed by atoms with Gasteiger partial charge in [0.25, 0.3) is 5.69 Å². The van der Waals surface area contributed by atoms with Crippen LogP contribution >= 0.6 is 0 Å². The lowest BCUT2D eigenvalue weighted by Gasteiger charge is -2.19. The van der Waals surface area contributed by atoms with Crippen molar-refractivity contribution < 1.29 is 4.92 Å². The quantitative estimate of drug-likeness (QED) is 0.502. The van der Waals surface area contributed by atoms with Crippen LogP contribution in [0.1, 0.15) is 26.3 Å². The van der Waals surface area contributed by atoms with Crippen LogP contribution in [-0.4, -0.2) is 4.92 Å². The molecule has 0 amide bonds. The van der Waals surface area contributed by atoms with E-state index >= 15 is 0 Å². The van der Waals surface area contributed by atoms with E-state index in [-0.39, 0.29) is 11.1 Å². The molecule has 110 valence electrons. The summed E-state index contributed by atoms with van der Waals surface area (Å²) in [6.45, 7) is 6.45. The fraction of sp³-hybridized carbons (Fsp3) is 0.250. The number of benzene rings is 2. The number of nitro groups is 1. The highest BCUT2D eigenvalue weighted by molar-refractivity contribution is 5.67. The third-order valence-electron chi connectivity index (χ3n) is 3.19. The number of hydrogen-bond donors (Lipinski definition) is 2. The van der Waals surface area contributed by atoms with Crippen LogP contribution in [0.15, 0.2) is 42.5 Å². The topological polar surface area (TPSA) is 81.2 Å². The minimum Gasteiger partial charge on any atom is -0.398 e. The van der Waals surface area contributed by atoms with Gasteiger partial charge in [0.05, 0.1) is 4.92 Å². The zero-order valence-corrected chi connectivity index (χ0v) is 12.4. The summed E-state index contributed by atoms with van der Waals surface area (Å²) < 4.78 is 0. The molecule has 2 aromatic rings. The van der Waals surface area contributed by atoms with Gasteiger partial charge in [-0.05, 0) is 29.2 Å². The second kappa shape index (κ2) is 5.44. The van der Waals surface area contributed by atoms with E-state index in [0.29, 0.717) is 11.4 Å². The van der Waals surface area contributed by atoms with Gasteiger partial charge in [-0.3, -0.25) is 10.1 Å². The fourth-order valence-electron chi connectivity index (χ4n) is 2.03. The van der Waals surface area contributed by atoms with Crippen molar-refractivity contribution in [1.29, 1.82) is 0 Å². The Morgan fingerprint density at radius 3 is 2.19 bits per heavy atom. The molecule has 0 aromatic heterocycles. The van der Waals surface area contributed by atoms with Crippen LogP contribution in [0.3, 0.4) is 0 Å². The first-order valence-electron chi connectivity index (χ1n) is 6.68. The van der Waals surface area contributed by atoms with Gasteiger partial charge in [0.2, 0.25) is 0 Å². The van der Waals surface area contributed by atoms with Crippen LogP contribution in [0.25, 0.3) is 0 Å². The standard InChI is InChI=1S/C16H19N3O2/c1-16(2,3)11-4-6-13(7-5-11)18-14-8-12(17)9-15(10-14)19(20)21/h4-10,18H,17H2,1-3H3. The number of rotatable bonds is 3. The van der Waals surface area contributed by atoms with Crippen molar-refractivity contribution in [3.05, 3.63) is 58.1 Å². The van der Waals surface area contributed by atoms with Crippen molar-refractivity contribution in [2.45, 2.75) is 26.2 Å². The number of nitro benzene ring substituents is 1. The molecule has 2 aromatic carbocycles. The van der Waals surface area contributed by atoms with Crippen molar-refractivity contribution in [1.82, 2.24) is 0 Å². The van der Waals surface area contributed by atoms with E-state index < -0.39 is 4.92 Å². The van der Waals surface area contributed by atoms with Crippen molar-refractivity contribution in [2.24, 2.45) is 0 Å². The van der Waals surface area contributed by atoms with Crippen LogP contribution < -0.4 is 11.1 Å². The highest BCUT2D eigenvalue weighted by Crippen LogP contribution is 2.27. The van der Waals surface area contributed by atoms with Crippen LogP contribution in [0.5, 0.6) is 0 Å². The summed E-state index contributed by atoms with van der Waals surface area (Å²) in [5.41, 5.74) is 8.81. The van der Waals surface area contributed by atoms with Gasteiger partial charge in [-0.15, -0.1) is 0 Å². The molecule has 5 heteroatoms. The first-order valence-corrected chi connectivity index (χ1v) is 6.68. The second-order valence-electron chi connectivity index (χ2n) is 6.02. The number of nitrogen functional groups attached to an aromatic ring is 1. The number of hydrogen-bond acceptors (Lipinski definition) is 4. The molecule has 0 aliphatic rings. The number of anilines is 3. The van der Waals surface area contributed by atoms with E-state index in [1.54, 1.807) is 6.07 Å². The molecule has 3 N–H and O–H groups in total. The predicted molar refractivity (Wildman–Crippen MR) is 85.9 cm³/mol. The average molecular weight is 285 g/mol. The maximum Gasteiger partial charge on any atom is 0.273 e. The molecular weight excluding hydrogens is 266 g/mol. The molecule has 0 fully saturated rings. The molecule has 0 bridgehead atoms. The van der Waals surface area contributed by atoms with Crippen LogP contribution in [0.4, 0.5) is 22.7 Å². The molecule has 0 aliphatic carbocycles. The van der Waals surface area contributed by atoms with Gasteiger partial charge in [-0.25, -0.2) is 0 Å². The van der Waals surface area contributed by atoms with Crippen molar-refractivity contribution in [2.75, 3.05) is 11.1 Å². The summed E-state index contributed by atoms with van der Waals surface area (Å²) >= 11 is 0. The van der Waals surface area contributed by atoms with Gasteiger partial charge in [0, 0.05) is 29.2 Å². The Kier molecular flexibility index (Phi) is 3.84. The van der Waals surface area contributed by atoms with E-state index in [4.69, 9.17) is 5.73 Å². The summed E-state index contributed by atoms with van der Waals surface area (Å²) in [5, 5.41) is 14.0. The molecule has 2 rings (SSSR count). The second-order valence-corrected chi connectivity index (χ2v) is 6.02. The summed E-state index contributed by atoms with van der Waals surface area (Å²) in [6, 6.07) is 12.5. The molecule has 0 saturated heterocycles. The predicted octanol–water partition coefficient (Wildman–Crippen LogP) is 4.22. The summed E-state index contributed by atoms with van der Waals surface area (Å²) in [4.78, 5) is 10.4. The third kappa shape index (κ3) is 3.72. The maximum absolute atomic E-state index is 10.8. The Bertz CT molecular complexity index is 658. The molecule has 0 heterocycles. The Morgan fingerprint density at radius 1 is 1.05 bits per heavy atom. The zero-order valence-electron chi connectivity index (χ0n) is 12.4. The summed E-state index contributed by atoms with van der Waals surface area (Å²) in [6.07, 6.45) is 0. The minimum atomic E-state index is -0.454. The van der Waals surface area contributed by atoms with Crippen LogP contribution in [0, 0.1) is 10.1 Å². The maximum atomic E-state index is 10.8. The Labute approximate surface area is 123 Å². The number of non-ortho nitro benzene ring substituents is 1. The smallest absolute Gasteiger partial charge is 0.273 e. The highest BCUT2D eigenvalue weighted by Gasteiger charge is 2.13. The van der Waals surface area contributed by atoms with Gasteiger partial charge < -0.3 is 11.1 Å². The lowest BCUT2D eigenvalue weighted by Crippen LogP contribution is -2.10. The molecule has 0 aliphatic heterocycles. The van der Waals surface area contributed by atoms with Gasteiger partial charge in [-0.1, -0.05) is 32.9 Å². The SMILES string of the molecule is CC(C)(C)c1ccc(Nc2cc(N)cc([N+](=O)[O-])c2)cc1. The largest absolute Gasteiger partial charge is 0.398 e. The van der Waals surface area contributed by atoms with Gasteiger partial charge in [-0.2, -0.15) is 0 Å². The lowest BCUT2D eigenvalue weighted by atomic mass is 9.87. The van der Waals surface area contributed by atoms with Crippen molar-refractivity contribution in [3.63, 3.8) is 0 Å². The lowest BCUT2D eigenvalue weighted by molar-refractivity contribution is -0.384. The molecule has 21 heavy (non-hydrogen) atoms. The van der Waals surface area contributed by atoms with Crippen molar-refractivity contribution in [3.8, 4) is 0 Å². The fourth-order valence-corrected chi connectivity index (χ4v) is 2.03. The minimum absolute atomic E-state index is 0.0242. The average Bonchev–Trinajstić information content (AvgIpc) is 2.37. The van der Waals surface area contributed by atoms with Gasteiger partial charge in [0.15, 0.2) is 0 Å². The molecule has 0 atom stereocenters. The summed E-state index contributed by atoms with van der Waals surface area (Å²) in [7, 11) is 0. The van der Waals surface area contributed by atoms with E-state index in [0.717, 1.165) is 5.69 Å². The molecule has 0 unspecified atom stereocenters. The first-order chi connectivity index (χ1) is 9.75. The Balaban J connectivity index is 2.24. The number of nitrogens with zero attached hydrogens (tertiary/aromatic N) is 1. The molecule has 0 saturated carbocycles. The van der Waals surface area contributed by atoms with Crippen molar-refractivity contribution >= 4 is 22.7 Å². The van der Waals surface area contributed by atoms with E-state index in [1.165, 1.54) is 17.7 Å². The number of nitrogens with two attached hydrogens (primary N) is 1. The highest BCUT2D eigenvalue weighted by atomic mass is 16.6. The summed E-state index contributed by atoms with van der Waals surface area (Å²) in [5.74, 6) is 0. The Hall–Kier alpha value is -2.56. The van der Waals surface area contributed by atoms with Gasteiger partial charge in [0.1, 0.15) is 0 Å². The molecule has 5 nitrogen and oxygen atoms in total.